The Balaban J connectivity index is 1.69. The number of aliphatic hydroxyl groups is 1. The van der Waals surface area contributed by atoms with Gasteiger partial charge in [-0.1, -0.05) is 36.8 Å². The van der Waals surface area contributed by atoms with E-state index in [1.807, 2.05) is 0 Å². The molecule has 0 aromatic heterocycles. The summed E-state index contributed by atoms with van der Waals surface area (Å²) in [5.74, 6) is -6.66. The first kappa shape index (κ1) is 25.6. The summed E-state index contributed by atoms with van der Waals surface area (Å²) in [6.45, 7) is 1.38. The van der Waals surface area contributed by atoms with Gasteiger partial charge in [0.1, 0.15) is 5.60 Å². The normalized spacial score (nSPS) is 34.8. The van der Waals surface area contributed by atoms with Crippen LogP contribution in [0.25, 0.3) is 0 Å². The minimum atomic E-state index is -5.89. The third-order valence-corrected chi connectivity index (χ3v) is 9.96. The number of ketones is 1. The molecule has 4 nitrogen and oxygen atoms in total. The summed E-state index contributed by atoms with van der Waals surface area (Å²) in [4.78, 5) is 12.3. The molecule has 4 aliphatic rings. The molecule has 10 heteroatoms. The topological polar surface area (TPSA) is 78.2 Å². The van der Waals surface area contributed by atoms with Crippen LogP contribution in [0.3, 0.4) is 0 Å². The summed E-state index contributed by atoms with van der Waals surface area (Å²) < 4.78 is 89.7. The summed E-state index contributed by atoms with van der Waals surface area (Å²) in [5, 5.41) is 11.2. The highest BCUT2D eigenvalue weighted by atomic mass is 32.2. The maximum atomic E-state index is 15.0. The summed E-state index contributed by atoms with van der Waals surface area (Å²) in [6.07, 6.45) is -3.10. The lowest BCUT2D eigenvalue weighted by Gasteiger charge is -2.56. The molecule has 2 fully saturated rings. The predicted octanol–water partition coefficient (Wildman–Crippen LogP) is 6.60. The molecule has 0 unspecified atom stereocenters. The van der Waals surface area contributed by atoms with E-state index in [9.17, 15) is 36.1 Å². The van der Waals surface area contributed by atoms with Gasteiger partial charge in [0.2, 0.25) is 0 Å². The first-order chi connectivity index (χ1) is 16.7. The molecule has 0 amide bonds. The van der Waals surface area contributed by atoms with E-state index in [1.54, 1.807) is 18.2 Å². The van der Waals surface area contributed by atoms with Crippen LogP contribution in [-0.4, -0.2) is 28.6 Å². The number of hydrogen-bond donors (Lipinski definition) is 2. The fourth-order valence-corrected chi connectivity index (χ4v) is 7.92. The number of fused-ring (bicyclic) bond motifs is 4. The molecule has 196 valence electrons. The highest BCUT2D eigenvalue weighted by molar-refractivity contribution is 7.73. The molecule has 0 spiro atoms. The molecule has 0 saturated heterocycles. The summed E-state index contributed by atoms with van der Waals surface area (Å²) in [5.41, 5.74) is -1.44. The van der Waals surface area contributed by atoms with E-state index in [4.69, 9.17) is 4.78 Å². The quantitative estimate of drug-likeness (QED) is 0.343. The maximum absolute atomic E-state index is 15.0. The molecule has 0 aliphatic heterocycles. The predicted molar refractivity (Wildman–Crippen MR) is 122 cm³/mol. The molecule has 2 saturated carbocycles. The Hall–Kier alpha value is -2.07. The molecule has 36 heavy (non-hydrogen) atoms. The van der Waals surface area contributed by atoms with Crippen molar-refractivity contribution in [1.29, 1.82) is 4.78 Å². The van der Waals surface area contributed by atoms with Gasteiger partial charge < -0.3 is 14.1 Å². The van der Waals surface area contributed by atoms with Gasteiger partial charge in [0.25, 0.3) is 0 Å². The van der Waals surface area contributed by atoms with Crippen molar-refractivity contribution in [2.24, 2.45) is 17.3 Å². The van der Waals surface area contributed by atoms with Crippen LogP contribution in [0, 0.1) is 22.0 Å². The second kappa shape index (κ2) is 8.21. The van der Waals surface area contributed by atoms with Crippen molar-refractivity contribution in [3.8, 4) is 0 Å². The number of halogens is 5. The van der Waals surface area contributed by atoms with Gasteiger partial charge in [-0.15, -0.1) is 4.90 Å². The molecule has 5 rings (SSSR count). The molecular weight excluding hydrogens is 501 g/mol. The van der Waals surface area contributed by atoms with E-state index in [0.717, 1.165) is 16.7 Å². The smallest absolute Gasteiger partial charge is 0.440 e. The van der Waals surface area contributed by atoms with Crippen molar-refractivity contribution >= 4 is 16.4 Å². The minimum absolute atomic E-state index is 0.0207. The monoisotopic (exact) mass is 528 g/mol. The van der Waals surface area contributed by atoms with Crippen LogP contribution in [0.4, 0.5) is 22.0 Å². The van der Waals surface area contributed by atoms with E-state index in [0.29, 0.717) is 31.2 Å². The lowest BCUT2D eigenvalue weighted by Crippen LogP contribution is -2.65. The third kappa shape index (κ3) is 3.46. The lowest BCUT2D eigenvalue weighted by molar-refractivity contribution is -0.362. The molecule has 0 radical (unpaired) electrons. The van der Waals surface area contributed by atoms with Gasteiger partial charge in [0.05, 0.1) is 0 Å². The molecule has 1 aromatic rings. The van der Waals surface area contributed by atoms with Gasteiger partial charge in [-0.3, -0.25) is 4.79 Å². The number of hydrogen-bond acceptors (Lipinski definition) is 5. The standard InChI is InChI=1S/C26H27F5NO3S/c1-23-13-20(14-2-6-17(7-3-14)36(32)35)22-18-9-5-16(33)12-15(18)4-8-19(22)21(23)10-11-24(23,34)25(27,28)26(29,30)31/h2-3,6-7,12,19-21,32,34H,4-5,8-11,13H2,1H3/q-1/t19-,20+,21-,23-,24-/m0/s1. The van der Waals surface area contributed by atoms with Crippen LogP contribution >= 0.6 is 0 Å². The SMILES string of the molecule is C[C@]12C[C@H](c3ccc([S-](=N)=O)cc3)C3=C4CCC(=O)C=C4CC[C@H]3[C@@H]1CC[C@@]2(O)C(F)(F)C(F)(F)F. The number of nitrogens with one attached hydrogen (secondary N) is 1. The number of alkyl halides is 5. The maximum Gasteiger partial charge on any atom is 0.456 e. The van der Waals surface area contributed by atoms with Gasteiger partial charge in [-0.2, -0.15) is 32.5 Å². The molecule has 0 bridgehead atoms. The van der Waals surface area contributed by atoms with Crippen LogP contribution in [0.15, 0.2) is 52.0 Å². The van der Waals surface area contributed by atoms with Crippen LogP contribution in [-0.2, 0) is 19.6 Å². The molecule has 4 aliphatic carbocycles. The van der Waals surface area contributed by atoms with Crippen molar-refractivity contribution < 1.29 is 36.1 Å². The van der Waals surface area contributed by atoms with Crippen molar-refractivity contribution in [3.63, 3.8) is 0 Å². The number of benzene rings is 1. The summed E-state index contributed by atoms with van der Waals surface area (Å²) in [6, 6.07) is 6.29. The molecular formula is C26H27F5NO3S-. The number of carbonyl (C=O) groups is 1. The molecule has 5 atom stereocenters. The van der Waals surface area contributed by atoms with Gasteiger partial charge >= 0.3 is 12.1 Å². The Morgan fingerprint density at radius 1 is 1.06 bits per heavy atom. The van der Waals surface area contributed by atoms with Crippen molar-refractivity contribution in [1.82, 2.24) is 0 Å². The van der Waals surface area contributed by atoms with E-state index in [1.165, 1.54) is 19.1 Å². The highest BCUT2D eigenvalue weighted by Gasteiger charge is 2.79. The van der Waals surface area contributed by atoms with Gasteiger partial charge in [-0.05, 0) is 73.1 Å². The average Bonchev–Trinajstić information content (AvgIpc) is 3.09. The summed E-state index contributed by atoms with van der Waals surface area (Å²) in [7, 11) is -1.98. The zero-order valence-electron chi connectivity index (χ0n) is 19.6. The van der Waals surface area contributed by atoms with Gasteiger partial charge in [0.15, 0.2) is 5.78 Å². The van der Waals surface area contributed by atoms with Crippen LogP contribution in [0.1, 0.15) is 63.4 Å². The van der Waals surface area contributed by atoms with Crippen molar-refractivity contribution in [3.05, 3.63) is 52.6 Å². The Labute approximate surface area is 207 Å². The van der Waals surface area contributed by atoms with Gasteiger partial charge in [0, 0.05) is 17.8 Å². The van der Waals surface area contributed by atoms with Gasteiger partial charge in [-0.25, -0.2) is 0 Å². The largest absolute Gasteiger partial charge is 0.456 e. The number of carbonyl (C=O) groups excluding carboxylic acids is 1. The fraction of sp³-hybridized carbons (Fsp3) is 0.577. The Bertz CT molecular complexity index is 1240. The highest BCUT2D eigenvalue weighted by Crippen LogP contribution is 2.70. The Morgan fingerprint density at radius 3 is 2.33 bits per heavy atom. The number of rotatable bonds is 3. The minimum Gasteiger partial charge on any atom is -0.440 e. The van der Waals surface area contributed by atoms with Crippen molar-refractivity contribution in [2.45, 2.75) is 80.4 Å². The van der Waals surface area contributed by atoms with Crippen LogP contribution in [0.2, 0.25) is 0 Å². The molecule has 0 heterocycles. The lowest BCUT2D eigenvalue weighted by atomic mass is 9.50. The average molecular weight is 529 g/mol. The number of allylic oxidation sites excluding steroid dienone is 4. The van der Waals surface area contributed by atoms with E-state index >= 15 is 0 Å². The van der Waals surface area contributed by atoms with E-state index in [-0.39, 0.29) is 29.4 Å². The Kier molecular flexibility index (Phi) is 5.84. The second-order valence-electron chi connectivity index (χ2n) is 10.8. The zero-order valence-corrected chi connectivity index (χ0v) is 20.4. The zero-order chi connectivity index (χ0) is 26.3. The first-order valence-electron chi connectivity index (χ1n) is 12.1. The summed E-state index contributed by atoms with van der Waals surface area (Å²) >= 11 is 0. The van der Waals surface area contributed by atoms with Crippen molar-refractivity contribution in [2.75, 3.05) is 0 Å². The van der Waals surface area contributed by atoms with Crippen LogP contribution in [0.5, 0.6) is 0 Å². The third-order valence-electron chi connectivity index (χ3n) is 9.26. The molecule has 2 N–H and O–H groups in total. The van der Waals surface area contributed by atoms with E-state index in [2.05, 4.69) is 0 Å². The second-order valence-corrected chi connectivity index (χ2v) is 11.8. The molecule has 1 aromatic carbocycles. The fourth-order valence-electron chi connectivity index (χ4n) is 7.54. The van der Waals surface area contributed by atoms with Crippen LogP contribution < -0.4 is 0 Å². The van der Waals surface area contributed by atoms with E-state index < -0.39 is 52.0 Å². The Morgan fingerprint density at radius 2 is 1.72 bits per heavy atom. The first-order valence-corrected chi connectivity index (χ1v) is 13.2.